The van der Waals surface area contributed by atoms with Crippen molar-refractivity contribution in [3.8, 4) is 0 Å². The van der Waals surface area contributed by atoms with Crippen molar-refractivity contribution < 1.29 is 4.79 Å². The van der Waals surface area contributed by atoms with Gasteiger partial charge in [0, 0.05) is 24.5 Å². The van der Waals surface area contributed by atoms with Crippen molar-refractivity contribution in [3.05, 3.63) is 24.3 Å². The normalized spacial score (nSPS) is 21.0. The van der Waals surface area contributed by atoms with E-state index in [4.69, 9.17) is 5.73 Å². The number of amides is 1. The number of rotatable bonds is 3. The Bertz CT molecular complexity index is 459. The second-order valence-electron chi connectivity index (χ2n) is 5.70. The summed E-state index contributed by atoms with van der Waals surface area (Å²) >= 11 is 0. The number of nitrogens with zero attached hydrogens (tertiary/aromatic N) is 1. The van der Waals surface area contributed by atoms with E-state index in [0.717, 1.165) is 38.0 Å². The number of hydrogen-bond acceptors (Lipinski definition) is 3. The molecule has 0 aromatic heterocycles. The Morgan fingerprint density at radius 3 is 2.26 bits per heavy atom. The Hall–Kier alpha value is -1.55. The van der Waals surface area contributed by atoms with Crippen LogP contribution >= 0.6 is 0 Å². The van der Waals surface area contributed by atoms with Crippen molar-refractivity contribution in [2.75, 3.05) is 23.3 Å². The van der Waals surface area contributed by atoms with E-state index in [1.54, 1.807) is 0 Å². The molecule has 0 radical (unpaired) electrons. The highest BCUT2D eigenvalue weighted by Gasteiger charge is 2.40. The van der Waals surface area contributed by atoms with Gasteiger partial charge in [-0.25, -0.2) is 0 Å². The molecule has 1 aliphatic heterocycles. The van der Waals surface area contributed by atoms with Gasteiger partial charge in [-0.1, -0.05) is 0 Å². The Balaban J connectivity index is 1.64. The van der Waals surface area contributed by atoms with Crippen LogP contribution in [0.4, 0.5) is 11.4 Å². The molecule has 1 saturated heterocycles. The molecule has 1 aromatic carbocycles. The van der Waals surface area contributed by atoms with Crippen molar-refractivity contribution in [2.45, 2.75) is 37.6 Å². The second-order valence-corrected chi connectivity index (χ2v) is 5.70. The zero-order chi connectivity index (χ0) is 13.3. The molecule has 2 aliphatic rings. The maximum Gasteiger partial charge on any atom is 0.244 e. The summed E-state index contributed by atoms with van der Waals surface area (Å²) in [7, 11) is 0. The fourth-order valence-corrected chi connectivity index (χ4v) is 2.77. The summed E-state index contributed by atoms with van der Waals surface area (Å²) in [6.07, 6.45) is 5.19. The smallest absolute Gasteiger partial charge is 0.244 e. The van der Waals surface area contributed by atoms with Gasteiger partial charge < -0.3 is 16.0 Å². The van der Waals surface area contributed by atoms with Crippen molar-refractivity contribution in [3.63, 3.8) is 0 Å². The van der Waals surface area contributed by atoms with Gasteiger partial charge in [0.1, 0.15) is 0 Å². The summed E-state index contributed by atoms with van der Waals surface area (Å²) in [6, 6.07) is 8.08. The maximum absolute atomic E-state index is 12.0. The van der Waals surface area contributed by atoms with Gasteiger partial charge in [0.15, 0.2) is 0 Å². The van der Waals surface area contributed by atoms with Gasteiger partial charge in [-0.2, -0.15) is 0 Å². The Kier molecular flexibility index (Phi) is 3.19. The first-order chi connectivity index (χ1) is 9.17. The standard InChI is InChI=1S/C15H21N3O/c16-15(8-3-9-15)14(19)17-12-4-6-13(7-5-12)18-10-1-2-11-18/h4-7H,1-3,8-11,16H2,(H,17,19). The van der Waals surface area contributed by atoms with Gasteiger partial charge in [0.2, 0.25) is 5.91 Å². The minimum atomic E-state index is -0.631. The Labute approximate surface area is 114 Å². The van der Waals surface area contributed by atoms with Crippen LogP contribution < -0.4 is 16.0 Å². The zero-order valence-corrected chi connectivity index (χ0v) is 11.2. The topological polar surface area (TPSA) is 58.4 Å². The molecular formula is C15H21N3O. The fraction of sp³-hybridized carbons (Fsp3) is 0.533. The third-order valence-corrected chi connectivity index (χ3v) is 4.29. The number of nitrogens with two attached hydrogens (primary N) is 1. The Morgan fingerprint density at radius 2 is 1.74 bits per heavy atom. The molecule has 0 atom stereocenters. The average molecular weight is 259 g/mol. The minimum absolute atomic E-state index is 0.0485. The van der Waals surface area contributed by atoms with E-state index in [-0.39, 0.29) is 5.91 Å². The predicted molar refractivity (Wildman–Crippen MR) is 77.3 cm³/mol. The summed E-state index contributed by atoms with van der Waals surface area (Å²) < 4.78 is 0. The van der Waals surface area contributed by atoms with Crippen LogP contribution in [0.15, 0.2) is 24.3 Å². The number of hydrogen-bond donors (Lipinski definition) is 2. The first-order valence-corrected chi connectivity index (χ1v) is 7.13. The van der Waals surface area contributed by atoms with Gasteiger partial charge in [0.25, 0.3) is 0 Å². The van der Waals surface area contributed by atoms with E-state index in [0.29, 0.717) is 0 Å². The highest BCUT2D eigenvalue weighted by atomic mass is 16.2. The zero-order valence-electron chi connectivity index (χ0n) is 11.2. The van der Waals surface area contributed by atoms with E-state index >= 15 is 0 Å². The second kappa shape index (κ2) is 4.85. The molecular weight excluding hydrogens is 238 g/mol. The molecule has 1 amide bonds. The predicted octanol–water partition coefficient (Wildman–Crippen LogP) is 2.11. The molecule has 3 rings (SSSR count). The Morgan fingerprint density at radius 1 is 1.11 bits per heavy atom. The highest BCUT2D eigenvalue weighted by Crippen LogP contribution is 2.30. The van der Waals surface area contributed by atoms with Crippen LogP contribution in [0.5, 0.6) is 0 Å². The van der Waals surface area contributed by atoms with Crippen LogP contribution in [-0.2, 0) is 4.79 Å². The molecule has 0 unspecified atom stereocenters. The number of anilines is 2. The number of benzene rings is 1. The average Bonchev–Trinajstić information content (AvgIpc) is 2.90. The quantitative estimate of drug-likeness (QED) is 0.874. The molecule has 0 bridgehead atoms. The van der Waals surface area contributed by atoms with Gasteiger partial charge in [-0.15, -0.1) is 0 Å². The van der Waals surface area contributed by atoms with Gasteiger partial charge in [-0.3, -0.25) is 4.79 Å². The molecule has 0 spiro atoms. The molecule has 4 heteroatoms. The summed E-state index contributed by atoms with van der Waals surface area (Å²) in [5.74, 6) is -0.0485. The molecule has 1 aromatic rings. The van der Waals surface area contributed by atoms with Crippen molar-refractivity contribution in [1.29, 1.82) is 0 Å². The molecule has 1 saturated carbocycles. The van der Waals surface area contributed by atoms with Crippen LogP contribution in [0.25, 0.3) is 0 Å². The third kappa shape index (κ3) is 2.45. The van der Waals surface area contributed by atoms with Gasteiger partial charge in [-0.05, 0) is 56.4 Å². The number of carbonyl (C=O) groups is 1. The van der Waals surface area contributed by atoms with E-state index in [1.165, 1.54) is 18.5 Å². The van der Waals surface area contributed by atoms with Crippen LogP contribution in [0.1, 0.15) is 32.1 Å². The van der Waals surface area contributed by atoms with E-state index in [9.17, 15) is 4.79 Å². The van der Waals surface area contributed by atoms with Crippen molar-refractivity contribution in [2.24, 2.45) is 5.73 Å². The van der Waals surface area contributed by atoms with Crippen LogP contribution in [0, 0.1) is 0 Å². The summed E-state index contributed by atoms with van der Waals surface area (Å²) in [4.78, 5) is 14.4. The molecule has 1 heterocycles. The molecule has 1 aliphatic carbocycles. The molecule has 19 heavy (non-hydrogen) atoms. The lowest BCUT2D eigenvalue weighted by atomic mass is 9.77. The van der Waals surface area contributed by atoms with E-state index in [1.807, 2.05) is 12.1 Å². The fourth-order valence-electron chi connectivity index (χ4n) is 2.77. The van der Waals surface area contributed by atoms with Gasteiger partial charge in [0.05, 0.1) is 5.54 Å². The SMILES string of the molecule is NC1(C(=O)Nc2ccc(N3CCCC3)cc2)CCC1. The van der Waals surface area contributed by atoms with Gasteiger partial charge >= 0.3 is 0 Å². The van der Waals surface area contributed by atoms with E-state index in [2.05, 4.69) is 22.3 Å². The first kappa shape index (κ1) is 12.5. The van der Waals surface area contributed by atoms with Crippen LogP contribution in [0.3, 0.4) is 0 Å². The van der Waals surface area contributed by atoms with Crippen molar-refractivity contribution >= 4 is 17.3 Å². The summed E-state index contributed by atoms with van der Waals surface area (Å²) in [5, 5.41) is 2.92. The van der Waals surface area contributed by atoms with Crippen LogP contribution in [-0.4, -0.2) is 24.5 Å². The summed E-state index contributed by atoms with van der Waals surface area (Å²) in [5.41, 5.74) is 7.45. The third-order valence-electron chi connectivity index (χ3n) is 4.29. The molecule has 2 fully saturated rings. The van der Waals surface area contributed by atoms with Crippen LogP contribution in [0.2, 0.25) is 0 Å². The van der Waals surface area contributed by atoms with E-state index < -0.39 is 5.54 Å². The summed E-state index contributed by atoms with van der Waals surface area (Å²) in [6.45, 7) is 2.27. The lowest BCUT2D eigenvalue weighted by Gasteiger charge is -2.36. The highest BCUT2D eigenvalue weighted by molar-refractivity contribution is 5.98. The van der Waals surface area contributed by atoms with Crippen molar-refractivity contribution in [1.82, 2.24) is 0 Å². The number of carbonyl (C=O) groups excluding carboxylic acids is 1. The molecule has 3 N–H and O–H groups in total. The minimum Gasteiger partial charge on any atom is -0.372 e. The molecule has 102 valence electrons. The monoisotopic (exact) mass is 259 g/mol. The lowest BCUT2D eigenvalue weighted by Crippen LogP contribution is -2.56. The molecule has 4 nitrogen and oxygen atoms in total. The first-order valence-electron chi connectivity index (χ1n) is 7.13. The maximum atomic E-state index is 12.0. The largest absolute Gasteiger partial charge is 0.372 e. The number of nitrogens with one attached hydrogen (secondary N) is 1. The lowest BCUT2D eigenvalue weighted by molar-refractivity contribution is -0.123.